The lowest BCUT2D eigenvalue weighted by Gasteiger charge is -2.19. The normalized spacial score (nSPS) is 17.2. The van der Waals surface area contributed by atoms with Crippen LogP contribution < -0.4 is 0 Å². The summed E-state index contributed by atoms with van der Waals surface area (Å²) in [5.74, 6) is 22.0. The van der Waals surface area contributed by atoms with Gasteiger partial charge in [0.25, 0.3) is 0 Å². The second-order valence-electron chi connectivity index (χ2n) is 16.4. The van der Waals surface area contributed by atoms with Crippen molar-refractivity contribution in [1.29, 1.82) is 0 Å². The van der Waals surface area contributed by atoms with E-state index in [1.54, 1.807) is 26.4 Å². The van der Waals surface area contributed by atoms with E-state index in [1.807, 2.05) is 70.2 Å². The number of rotatable bonds is 21. The third kappa shape index (κ3) is 28.5. The molecule has 62 heavy (non-hydrogen) atoms. The number of allylic oxidation sites excluding steroid dienone is 2. The molecule has 3 N–H and O–H groups in total. The van der Waals surface area contributed by atoms with Crippen molar-refractivity contribution in [3.05, 3.63) is 90.0 Å². The van der Waals surface area contributed by atoms with Gasteiger partial charge in [-0.25, -0.2) is 0 Å². The Hall–Kier alpha value is -4.12. The number of aliphatic hydroxyl groups excluding tert-OH is 3. The van der Waals surface area contributed by atoms with Crippen LogP contribution in [0.1, 0.15) is 155 Å². The van der Waals surface area contributed by atoms with E-state index in [4.69, 9.17) is 18.9 Å². The highest BCUT2D eigenvalue weighted by molar-refractivity contribution is 5.50. The molecule has 340 valence electrons. The van der Waals surface area contributed by atoms with Gasteiger partial charge in [-0.3, -0.25) is 0 Å². The minimum atomic E-state index is -0.886. The highest BCUT2D eigenvalue weighted by atomic mass is 16.7. The monoisotopic (exact) mass is 851 g/mol. The van der Waals surface area contributed by atoms with E-state index in [0.717, 1.165) is 24.8 Å². The van der Waals surface area contributed by atoms with Crippen LogP contribution in [0.15, 0.2) is 78.9 Å². The number of ether oxygens (including phenoxy) is 4. The summed E-state index contributed by atoms with van der Waals surface area (Å²) in [7, 11) is 3.23. The highest BCUT2D eigenvalue weighted by Crippen LogP contribution is 2.32. The van der Waals surface area contributed by atoms with Gasteiger partial charge in [-0.15, -0.1) is 0 Å². The average Bonchev–Trinajstić information content (AvgIpc) is 3.58. The molecule has 1 heterocycles. The molecule has 1 fully saturated rings. The summed E-state index contributed by atoms with van der Waals surface area (Å²) < 4.78 is 21.9. The van der Waals surface area contributed by atoms with Crippen molar-refractivity contribution in [2.24, 2.45) is 0 Å². The molecule has 1 aliphatic rings. The molecule has 1 aliphatic heterocycles. The van der Waals surface area contributed by atoms with Crippen molar-refractivity contribution >= 4 is 6.08 Å². The minimum Gasteiger partial charge on any atom is -0.390 e. The van der Waals surface area contributed by atoms with Gasteiger partial charge in [-0.05, 0) is 93.4 Å². The van der Waals surface area contributed by atoms with Crippen LogP contribution in [0, 0.1) is 47.4 Å². The van der Waals surface area contributed by atoms with Crippen molar-refractivity contribution in [3.8, 4) is 47.4 Å². The van der Waals surface area contributed by atoms with E-state index in [2.05, 4.69) is 98.5 Å². The van der Waals surface area contributed by atoms with Gasteiger partial charge in [0, 0.05) is 27.1 Å². The van der Waals surface area contributed by atoms with Gasteiger partial charge in [0.1, 0.15) is 6.10 Å². The van der Waals surface area contributed by atoms with Crippen LogP contribution in [0.25, 0.3) is 6.08 Å². The molecule has 6 atom stereocenters. The first-order valence-electron chi connectivity index (χ1n) is 22.7. The van der Waals surface area contributed by atoms with Gasteiger partial charge in [0.05, 0.1) is 24.4 Å². The van der Waals surface area contributed by atoms with Gasteiger partial charge >= 0.3 is 0 Å². The summed E-state index contributed by atoms with van der Waals surface area (Å²) in [5, 5.41) is 29.5. The van der Waals surface area contributed by atoms with Crippen LogP contribution >= 0.6 is 0 Å². The van der Waals surface area contributed by atoms with E-state index >= 15 is 0 Å². The summed E-state index contributed by atoms with van der Waals surface area (Å²) in [6.45, 7) is 14.3. The topological polar surface area (TPSA) is 97.6 Å². The molecular formula is C55H78O7. The van der Waals surface area contributed by atoms with Crippen LogP contribution in [0.5, 0.6) is 0 Å². The Morgan fingerprint density at radius 1 is 0.710 bits per heavy atom. The molecule has 7 heteroatoms. The molecule has 3 rings (SSSR count). The molecule has 0 radical (unpaired) electrons. The maximum atomic E-state index is 9.89. The number of benzene rings is 2. The Balaban J connectivity index is 0.000000540. The summed E-state index contributed by atoms with van der Waals surface area (Å²) in [6, 6.07) is 20.1. The predicted octanol–water partition coefficient (Wildman–Crippen LogP) is 11.2. The lowest BCUT2D eigenvalue weighted by Crippen LogP contribution is -2.25. The van der Waals surface area contributed by atoms with Gasteiger partial charge in [-0.1, -0.05) is 181 Å². The van der Waals surface area contributed by atoms with Crippen molar-refractivity contribution in [1.82, 2.24) is 0 Å². The summed E-state index contributed by atoms with van der Waals surface area (Å²) in [6.07, 6.45) is 19.6. The Bertz CT molecular complexity index is 1750. The third-order valence-electron chi connectivity index (χ3n) is 10.2. The van der Waals surface area contributed by atoms with Gasteiger partial charge in [0.2, 0.25) is 0 Å². The predicted molar refractivity (Wildman–Crippen MR) is 257 cm³/mol. The van der Waals surface area contributed by atoms with Crippen LogP contribution in [0.4, 0.5) is 0 Å². The Morgan fingerprint density at radius 2 is 1.29 bits per heavy atom. The van der Waals surface area contributed by atoms with Gasteiger partial charge < -0.3 is 34.3 Å². The fraction of sp³-hybridized carbons (Fsp3) is 0.564. The molecule has 0 bridgehead atoms. The van der Waals surface area contributed by atoms with E-state index in [1.165, 1.54) is 56.9 Å². The summed E-state index contributed by atoms with van der Waals surface area (Å²) in [5.41, 5.74) is 2.28. The molecular weight excluding hydrogens is 773 g/mol. The molecule has 0 aromatic heterocycles. The van der Waals surface area contributed by atoms with Crippen LogP contribution in [-0.4, -0.2) is 71.6 Å². The van der Waals surface area contributed by atoms with E-state index < -0.39 is 29.9 Å². The molecule has 2 unspecified atom stereocenters. The fourth-order valence-electron chi connectivity index (χ4n) is 6.10. The van der Waals surface area contributed by atoms with E-state index in [0.29, 0.717) is 18.8 Å². The number of methoxy groups -OCH3 is 2. The standard InChI is InChI=1S/C27H36O2.C23H30O3.C5H12O2/c1-5-6-7-9-16-21-25-26(29-27(3,4)28-25)22-17-11-8-10-13-18-23(2)24-19-14-12-15-20-24;1-2-3-4-5-11-16-22(25)23(26)17-12-7-10-15-21(24)19-18-20-13-8-6-9-14-20;1-5(2,6-3)7-4/h12-15,18-20,23,25-26H,5-7,9,16,21-22H2,1-4H3;6,8-9,13-14,18-19,21-26H,2-5,11,16-17H2,1H3;1-4H3/b18-13+;19-18+;/t23?,25-,26-;21?,22-,23-;/m11./s1. The van der Waals surface area contributed by atoms with Crippen LogP contribution in [0.2, 0.25) is 0 Å². The second-order valence-corrected chi connectivity index (χ2v) is 16.4. The molecule has 1 saturated heterocycles. The first-order valence-corrected chi connectivity index (χ1v) is 22.7. The van der Waals surface area contributed by atoms with Crippen molar-refractivity contribution < 1.29 is 34.3 Å². The van der Waals surface area contributed by atoms with Crippen molar-refractivity contribution in [3.63, 3.8) is 0 Å². The first kappa shape index (κ1) is 55.9. The molecule has 0 amide bonds. The van der Waals surface area contributed by atoms with Crippen LogP contribution in [-0.2, 0) is 18.9 Å². The van der Waals surface area contributed by atoms with E-state index in [9.17, 15) is 15.3 Å². The molecule has 0 aliphatic carbocycles. The number of hydrogen-bond acceptors (Lipinski definition) is 7. The largest absolute Gasteiger partial charge is 0.390 e. The zero-order valence-electron chi connectivity index (χ0n) is 39.4. The third-order valence-corrected chi connectivity index (χ3v) is 10.2. The zero-order chi connectivity index (χ0) is 45.9. The average molecular weight is 851 g/mol. The smallest absolute Gasteiger partial charge is 0.163 e. The Labute approximate surface area is 377 Å². The Kier molecular flexibility index (Phi) is 31.0. The number of aliphatic hydroxyl groups is 3. The van der Waals surface area contributed by atoms with Crippen molar-refractivity contribution in [2.45, 2.75) is 186 Å². The quantitative estimate of drug-likeness (QED) is 0.0654. The minimum absolute atomic E-state index is 0.0409. The Morgan fingerprint density at radius 3 is 1.90 bits per heavy atom. The number of unbranched alkanes of at least 4 members (excludes halogenated alkanes) is 8. The lowest BCUT2D eigenvalue weighted by atomic mass is 10.0. The van der Waals surface area contributed by atoms with Gasteiger partial charge in [-0.2, -0.15) is 0 Å². The summed E-state index contributed by atoms with van der Waals surface area (Å²) in [4.78, 5) is 0. The van der Waals surface area contributed by atoms with E-state index in [-0.39, 0.29) is 18.6 Å². The second kappa shape index (κ2) is 34.4. The van der Waals surface area contributed by atoms with Gasteiger partial charge in [0.15, 0.2) is 11.6 Å². The maximum absolute atomic E-state index is 9.89. The maximum Gasteiger partial charge on any atom is 0.163 e. The molecule has 0 spiro atoms. The molecule has 7 nitrogen and oxygen atoms in total. The highest BCUT2D eigenvalue weighted by Gasteiger charge is 2.40. The fourth-order valence-corrected chi connectivity index (χ4v) is 6.10. The number of hydrogen-bond donors (Lipinski definition) is 3. The molecule has 2 aromatic rings. The van der Waals surface area contributed by atoms with Crippen LogP contribution in [0.3, 0.4) is 0 Å². The lowest BCUT2D eigenvalue weighted by molar-refractivity contribution is -0.178. The zero-order valence-corrected chi connectivity index (χ0v) is 39.4. The summed E-state index contributed by atoms with van der Waals surface area (Å²) >= 11 is 0. The van der Waals surface area contributed by atoms with Crippen molar-refractivity contribution in [2.75, 3.05) is 14.2 Å². The molecule has 2 aromatic carbocycles. The molecule has 0 saturated carbocycles. The first-order chi connectivity index (χ1) is 29.8. The SMILES string of the molecule is CCCCCCC[C@@H](O)[C@H](O)CC#CC#CC(O)/C=C/c1ccccc1.CCCCCCC[C@H]1OC(C)(C)O[C@@H]1CC#CC#C/C=C/C(C)c1ccccc1.COC(C)(C)OC.